The second-order valence-electron chi connectivity index (χ2n) is 6.84. The molecule has 3 aromatic heterocycles. The summed E-state index contributed by atoms with van der Waals surface area (Å²) in [5, 5.41) is 12.2. The largest absolute Gasteiger partial charge is 0.473 e. The van der Waals surface area contributed by atoms with Gasteiger partial charge in [-0.15, -0.1) is 0 Å². The predicted molar refractivity (Wildman–Crippen MR) is 88.8 cm³/mol. The average molecular weight is 324 g/mol. The van der Waals surface area contributed by atoms with Gasteiger partial charge in [-0.05, 0) is 31.7 Å². The average Bonchev–Trinajstić information content (AvgIpc) is 3.04. The lowest BCUT2D eigenvalue weighted by atomic mass is 9.89. The predicted octanol–water partition coefficient (Wildman–Crippen LogP) is 1.79. The summed E-state index contributed by atoms with van der Waals surface area (Å²) in [5.74, 6) is 0.656. The summed E-state index contributed by atoms with van der Waals surface area (Å²) in [4.78, 5) is 4.72. The minimum absolute atomic E-state index is 0.233. The first-order valence-electron chi connectivity index (χ1n) is 8.51. The first-order chi connectivity index (χ1) is 11.7. The fourth-order valence-corrected chi connectivity index (χ4v) is 3.22. The van der Waals surface area contributed by atoms with E-state index in [-0.39, 0.29) is 6.10 Å². The zero-order valence-electron chi connectivity index (χ0n) is 13.6. The molecule has 0 unspecified atom stereocenters. The van der Waals surface area contributed by atoms with Gasteiger partial charge in [-0.3, -0.25) is 4.68 Å². The summed E-state index contributed by atoms with van der Waals surface area (Å²) in [7, 11) is 1.90. The van der Waals surface area contributed by atoms with Crippen LogP contribution in [0.3, 0.4) is 0 Å². The molecule has 0 saturated heterocycles. The number of nitrogens with zero attached hydrogens (tertiary/aromatic N) is 5. The summed E-state index contributed by atoms with van der Waals surface area (Å²) in [6, 6.07) is 3.29. The summed E-state index contributed by atoms with van der Waals surface area (Å²) >= 11 is 0. The van der Waals surface area contributed by atoms with Crippen LogP contribution in [-0.2, 0) is 7.05 Å². The third kappa shape index (κ3) is 2.54. The fraction of sp³-hybridized carbons (Fsp3) is 0.471. The zero-order valence-corrected chi connectivity index (χ0v) is 13.6. The highest BCUT2D eigenvalue weighted by Crippen LogP contribution is 2.31. The molecule has 2 saturated carbocycles. The van der Waals surface area contributed by atoms with Gasteiger partial charge in [0.1, 0.15) is 11.6 Å². The van der Waals surface area contributed by atoms with Gasteiger partial charge in [0.25, 0.3) is 0 Å². The third-order valence-corrected chi connectivity index (χ3v) is 4.78. The van der Waals surface area contributed by atoms with Crippen LogP contribution in [0.2, 0.25) is 0 Å². The molecule has 0 spiro atoms. The summed E-state index contributed by atoms with van der Waals surface area (Å²) in [6.07, 6.45) is 12.4. The van der Waals surface area contributed by atoms with Gasteiger partial charge < -0.3 is 10.1 Å². The number of fused-ring (bicyclic) bond motifs is 1. The standard InChI is InChI=1S/C17H20N6O/c1-22-9-11(8-19-22)15-10-23-16(4-5-18-23)17(21-15)24-14-6-13(7-14)20-12-2-3-12/h4-5,8-10,12-14,20H,2-3,6-7H2,1H3. The summed E-state index contributed by atoms with van der Waals surface area (Å²) < 4.78 is 9.78. The van der Waals surface area contributed by atoms with Crippen molar-refractivity contribution >= 4 is 5.52 Å². The van der Waals surface area contributed by atoms with Crippen molar-refractivity contribution in [2.75, 3.05) is 0 Å². The van der Waals surface area contributed by atoms with Crippen LogP contribution in [0.25, 0.3) is 16.8 Å². The molecular formula is C17H20N6O. The maximum Gasteiger partial charge on any atom is 0.240 e. The van der Waals surface area contributed by atoms with Crippen molar-refractivity contribution in [2.45, 2.75) is 43.9 Å². The molecule has 2 aliphatic rings. The lowest BCUT2D eigenvalue weighted by Gasteiger charge is -2.35. The van der Waals surface area contributed by atoms with Crippen molar-refractivity contribution in [3.63, 3.8) is 0 Å². The van der Waals surface area contributed by atoms with E-state index in [2.05, 4.69) is 15.5 Å². The summed E-state index contributed by atoms with van der Waals surface area (Å²) in [5.41, 5.74) is 2.68. The minimum atomic E-state index is 0.233. The number of nitrogens with one attached hydrogen (secondary N) is 1. The van der Waals surface area contributed by atoms with Crippen LogP contribution < -0.4 is 10.1 Å². The molecule has 0 atom stereocenters. The van der Waals surface area contributed by atoms with Crippen molar-refractivity contribution in [3.05, 3.63) is 30.9 Å². The van der Waals surface area contributed by atoms with Gasteiger partial charge in [0.15, 0.2) is 0 Å². The molecule has 124 valence electrons. The molecule has 3 aromatic rings. The van der Waals surface area contributed by atoms with Gasteiger partial charge in [0, 0.05) is 30.9 Å². The molecule has 2 aliphatic carbocycles. The van der Waals surface area contributed by atoms with Gasteiger partial charge in [-0.2, -0.15) is 10.2 Å². The van der Waals surface area contributed by atoms with E-state index in [1.807, 2.05) is 30.0 Å². The van der Waals surface area contributed by atoms with Gasteiger partial charge in [0.2, 0.25) is 5.88 Å². The number of hydrogen-bond donors (Lipinski definition) is 1. The minimum Gasteiger partial charge on any atom is -0.473 e. The normalized spacial score (nSPS) is 23.4. The number of ether oxygens (including phenoxy) is 1. The molecule has 0 bridgehead atoms. The Balaban J connectivity index is 1.39. The van der Waals surface area contributed by atoms with Crippen molar-refractivity contribution in [1.82, 2.24) is 29.7 Å². The van der Waals surface area contributed by atoms with E-state index in [0.29, 0.717) is 11.9 Å². The van der Waals surface area contributed by atoms with E-state index < -0.39 is 0 Å². The zero-order chi connectivity index (χ0) is 16.1. The Morgan fingerprint density at radius 1 is 1.17 bits per heavy atom. The molecule has 0 amide bonds. The Bertz CT molecular complexity index is 874. The lowest BCUT2D eigenvalue weighted by molar-refractivity contribution is 0.0811. The SMILES string of the molecule is Cn1cc(-c2cn3nccc3c(OC3CC(NC4CC4)C3)n2)cn1. The monoisotopic (exact) mass is 324 g/mol. The van der Waals surface area contributed by atoms with E-state index in [9.17, 15) is 0 Å². The number of aryl methyl sites for hydroxylation is 1. The molecule has 24 heavy (non-hydrogen) atoms. The van der Waals surface area contributed by atoms with E-state index >= 15 is 0 Å². The number of hydrogen-bond acceptors (Lipinski definition) is 5. The van der Waals surface area contributed by atoms with Gasteiger partial charge in [0.05, 0.1) is 24.3 Å². The van der Waals surface area contributed by atoms with Gasteiger partial charge in [-0.25, -0.2) is 9.50 Å². The number of rotatable bonds is 5. The molecule has 3 heterocycles. The van der Waals surface area contributed by atoms with Crippen LogP contribution in [0, 0.1) is 0 Å². The molecule has 1 N–H and O–H groups in total. The Hall–Kier alpha value is -2.41. The van der Waals surface area contributed by atoms with Crippen LogP contribution in [0.15, 0.2) is 30.9 Å². The van der Waals surface area contributed by atoms with Crippen molar-refractivity contribution in [1.29, 1.82) is 0 Å². The summed E-state index contributed by atoms with van der Waals surface area (Å²) in [6.45, 7) is 0. The second-order valence-corrected chi connectivity index (χ2v) is 6.84. The van der Waals surface area contributed by atoms with Crippen LogP contribution in [0.4, 0.5) is 0 Å². The molecule has 5 rings (SSSR count). The molecule has 0 radical (unpaired) electrons. The molecule has 7 heteroatoms. The Kier molecular flexibility index (Phi) is 3.09. The Morgan fingerprint density at radius 2 is 2.04 bits per heavy atom. The van der Waals surface area contributed by atoms with Crippen LogP contribution in [-0.4, -0.2) is 42.6 Å². The maximum atomic E-state index is 6.18. The van der Waals surface area contributed by atoms with E-state index in [4.69, 9.17) is 9.72 Å². The quantitative estimate of drug-likeness (QED) is 0.775. The Morgan fingerprint density at radius 3 is 2.79 bits per heavy atom. The molecule has 0 aromatic carbocycles. The highest BCUT2D eigenvalue weighted by molar-refractivity contribution is 5.63. The van der Waals surface area contributed by atoms with Crippen molar-refractivity contribution in [2.24, 2.45) is 7.05 Å². The lowest BCUT2D eigenvalue weighted by Crippen LogP contribution is -2.47. The molecule has 0 aliphatic heterocycles. The van der Waals surface area contributed by atoms with E-state index in [0.717, 1.165) is 35.7 Å². The smallest absolute Gasteiger partial charge is 0.240 e. The topological polar surface area (TPSA) is 69.3 Å². The molecule has 2 fully saturated rings. The highest BCUT2D eigenvalue weighted by atomic mass is 16.5. The van der Waals surface area contributed by atoms with E-state index in [1.54, 1.807) is 17.1 Å². The first-order valence-corrected chi connectivity index (χ1v) is 8.51. The van der Waals surface area contributed by atoms with Crippen molar-refractivity contribution in [3.8, 4) is 17.1 Å². The first kappa shape index (κ1) is 14.0. The van der Waals surface area contributed by atoms with Crippen molar-refractivity contribution < 1.29 is 4.74 Å². The van der Waals surface area contributed by atoms with E-state index in [1.165, 1.54) is 12.8 Å². The molecular weight excluding hydrogens is 304 g/mol. The highest BCUT2D eigenvalue weighted by Gasteiger charge is 2.35. The maximum absolute atomic E-state index is 6.18. The fourth-order valence-electron chi connectivity index (χ4n) is 3.22. The second kappa shape index (κ2) is 5.31. The Labute approximate surface area is 139 Å². The third-order valence-electron chi connectivity index (χ3n) is 4.78. The van der Waals surface area contributed by atoms with Crippen LogP contribution in [0.1, 0.15) is 25.7 Å². The van der Waals surface area contributed by atoms with Crippen LogP contribution >= 0.6 is 0 Å². The van der Waals surface area contributed by atoms with Gasteiger partial charge in [-0.1, -0.05) is 0 Å². The van der Waals surface area contributed by atoms with Crippen LogP contribution in [0.5, 0.6) is 5.88 Å². The molecule has 7 nitrogen and oxygen atoms in total. The number of aromatic nitrogens is 5. The van der Waals surface area contributed by atoms with Gasteiger partial charge >= 0.3 is 0 Å².